The number of carbonyl (C=O) groups is 1. The molecule has 0 aromatic carbocycles. The van der Waals surface area contributed by atoms with Gasteiger partial charge in [0.2, 0.25) is 10.0 Å². The first-order valence-corrected chi connectivity index (χ1v) is 8.23. The fraction of sp³-hybridized carbons (Fsp3) is 0.583. The minimum Gasteiger partial charge on any atom is -0.466 e. The highest BCUT2D eigenvalue weighted by Gasteiger charge is 2.24. The smallest absolute Gasteiger partial charge is 0.307 e. The van der Waals surface area contributed by atoms with Crippen molar-refractivity contribution in [2.45, 2.75) is 32.1 Å². The Kier molecular flexibility index (Phi) is 5.51. The summed E-state index contributed by atoms with van der Waals surface area (Å²) in [5.41, 5.74) is 0. The molecule has 0 aliphatic rings. The van der Waals surface area contributed by atoms with E-state index in [-0.39, 0.29) is 18.9 Å². The summed E-state index contributed by atoms with van der Waals surface area (Å²) in [5.74, 6) is -0.386. The maximum absolute atomic E-state index is 12.3. The van der Waals surface area contributed by atoms with E-state index in [0.29, 0.717) is 11.5 Å². The highest BCUT2D eigenvalue weighted by atomic mass is 32.2. The van der Waals surface area contributed by atoms with Crippen LogP contribution in [0.5, 0.6) is 0 Å². The highest BCUT2D eigenvalue weighted by Crippen LogP contribution is 2.27. The Morgan fingerprint density at radius 3 is 2.53 bits per heavy atom. The van der Waals surface area contributed by atoms with Gasteiger partial charge in [-0.1, -0.05) is 0 Å². The molecule has 0 amide bonds. The molecule has 0 radical (unpaired) electrons. The van der Waals surface area contributed by atoms with Crippen molar-refractivity contribution < 1.29 is 17.9 Å². The van der Waals surface area contributed by atoms with Gasteiger partial charge in [0.1, 0.15) is 0 Å². The number of hydrogen-bond donors (Lipinski definition) is 0. The molecule has 1 rings (SSSR count). The van der Waals surface area contributed by atoms with Crippen LogP contribution in [0.15, 0.2) is 11.0 Å². The zero-order chi connectivity index (χ0) is 14.6. The van der Waals surface area contributed by atoms with Gasteiger partial charge in [-0.25, -0.2) is 12.7 Å². The molecule has 19 heavy (non-hydrogen) atoms. The van der Waals surface area contributed by atoms with Crippen LogP contribution in [-0.4, -0.2) is 38.9 Å². The molecule has 0 N–H and O–H groups in total. The normalized spacial score (nSPS) is 11.8. The molecule has 0 aliphatic carbocycles. The lowest BCUT2D eigenvalue weighted by molar-refractivity contribution is -0.143. The summed E-state index contributed by atoms with van der Waals surface area (Å²) in [7, 11) is -2.05. The van der Waals surface area contributed by atoms with Crippen LogP contribution in [0.1, 0.15) is 23.1 Å². The Labute approximate surface area is 118 Å². The van der Waals surface area contributed by atoms with Gasteiger partial charge in [-0.15, -0.1) is 11.3 Å². The van der Waals surface area contributed by atoms with Crippen molar-refractivity contribution in [3.8, 4) is 0 Å². The van der Waals surface area contributed by atoms with Gasteiger partial charge < -0.3 is 4.74 Å². The quantitative estimate of drug-likeness (QED) is 0.753. The van der Waals surface area contributed by atoms with Crippen LogP contribution in [0.3, 0.4) is 0 Å². The Bertz CT molecular complexity index is 548. The molecule has 1 heterocycles. The number of carbonyl (C=O) groups excluding carboxylic acids is 1. The predicted molar refractivity (Wildman–Crippen MR) is 74.9 cm³/mol. The molecule has 0 spiro atoms. The summed E-state index contributed by atoms with van der Waals surface area (Å²) in [6.07, 6.45) is 0.0612. The first-order valence-electron chi connectivity index (χ1n) is 5.98. The lowest BCUT2D eigenvalue weighted by atomic mass is 10.4. The van der Waals surface area contributed by atoms with Gasteiger partial charge in [-0.2, -0.15) is 0 Å². The van der Waals surface area contributed by atoms with E-state index >= 15 is 0 Å². The Morgan fingerprint density at radius 1 is 1.42 bits per heavy atom. The minimum absolute atomic E-state index is 0.0612. The number of aryl methyl sites for hydroxylation is 2. The molecule has 0 fully saturated rings. The van der Waals surface area contributed by atoms with E-state index in [1.54, 1.807) is 19.9 Å². The second kappa shape index (κ2) is 6.49. The van der Waals surface area contributed by atoms with Crippen molar-refractivity contribution >= 4 is 27.3 Å². The fourth-order valence-electron chi connectivity index (χ4n) is 1.63. The first-order chi connectivity index (χ1) is 8.78. The van der Waals surface area contributed by atoms with Crippen molar-refractivity contribution in [2.75, 3.05) is 20.2 Å². The van der Waals surface area contributed by atoms with Gasteiger partial charge in [0, 0.05) is 23.3 Å². The van der Waals surface area contributed by atoms with E-state index < -0.39 is 10.0 Å². The Hall–Kier alpha value is -0.920. The van der Waals surface area contributed by atoms with Gasteiger partial charge in [0.25, 0.3) is 0 Å². The average molecular weight is 305 g/mol. The number of nitrogens with zero attached hydrogens (tertiary/aromatic N) is 1. The summed E-state index contributed by atoms with van der Waals surface area (Å²) >= 11 is 1.45. The van der Waals surface area contributed by atoms with Crippen molar-refractivity contribution in [1.29, 1.82) is 0 Å². The highest BCUT2D eigenvalue weighted by molar-refractivity contribution is 7.89. The fourth-order valence-corrected chi connectivity index (χ4v) is 4.32. The van der Waals surface area contributed by atoms with Gasteiger partial charge in [0.05, 0.1) is 17.9 Å². The summed E-state index contributed by atoms with van der Waals surface area (Å²) < 4.78 is 30.6. The van der Waals surface area contributed by atoms with Crippen molar-refractivity contribution in [2.24, 2.45) is 0 Å². The van der Waals surface area contributed by atoms with Crippen molar-refractivity contribution in [3.63, 3.8) is 0 Å². The average Bonchev–Trinajstić information content (AvgIpc) is 2.66. The molecular formula is C12H19NO4S2. The van der Waals surface area contributed by atoms with Gasteiger partial charge in [-0.3, -0.25) is 4.79 Å². The molecule has 0 saturated carbocycles. The molecule has 1 aromatic heterocycles. The number of sulfonamides is 1. The van der Waals surface area contributed by atoms with Crippen LogP contribution < -0.4 is 0 Å². The number of thiophene rings is 1. The molecule has 108 valence electrons. The molecule has 7 heteroatoms. The van der Waals surface area contributed by atoms with Gasteiger partial charge in [-0.05, 0) is 26.8 Å². The van der Waals surface area contributed by atoms with Crippen molar-refractivity contribution in [1.82, 2.24) is 4.31 Å². The van der Waals surface area contributed by atoms with E-state index in [1.165, 1.54) is 22.7 Å². The van der Waals surface area contributed by atoms with Crippen LogP contribution >= 0.6 is 11.3 Å². The lowest BCUT2D eigenvalue weighted by Gasteiger charge is -2.16. The Balaban J connectivity index is 2.78. The topological polar surface area (TPSA) is 63.7 Å². The summed E-state index contributed by atoms with van der Waals surface area (Å²) in [4.78, 5) is 13.3. The third-order valence-electron chi connectivity index (χ3n) is 2.62. The molecule has 0 bridgehead atoms. The monoisotopic (exact) mass is 305 g/mol. The second-order valence-electron chi connectivity index (χ2n) is 4.16. The summed E-state index contributed by atoms with van der Waals surface area (Å²) in [6, 6.07) is 1.66. The molecule has 0 atom stereocenters. The van der Waals surface area contributed by atoms with Crippen LogP contribution in [0, 0.1) is 13.8 Å². The van der Waals surface area contributed by atoms with Crippen LogP contribution in [-0.2, 0) is 19.6 Å². The number of esters is 1. The molecule has 5 nitrogen and oxygen atoms in total. The summed E-state index contributed by atoms with van der Waals surface area (Å²) in [6.45, 7) is 5.79. The minimum atomic E-state index is -3.52. The third kappa shape index (κ3) is 4.02. The van der Waals surface area contributed by atoms with E-state index in [0.717, 1.165) is 9.75 Å². The van der Waals surface area contributed by atoms with Crippen LogP contribution in [0.25, 0.3) is 0 Å². The molecular weight excluding hydrogens is 286 g/mol. The largest absolute Gasteiger partial charge is 0.466 e. The zero-order valence-corrected chi connectivity index (χ0v) is 13.2. The zero-order valence-electron chi connectivity index (χ0n) is 11.6. The maximum atomic E-state index is 12.3. The van der Waals surface area contributed by atoms with Crippen molar-refractivity contribution in [3.05, 3.63) is 15.8 Å². The number of rotatable bonds is 6. The molecule has 1 aromatic rings. The van der Waals surface area contributed by atoms with E-state index in [9.17, 15) is 13.2 Å². The standard InChI is InChI=1S/C12H19NO4S2/c1-5-17-12(14)6-7-13(4)19(15,16)11-8-9(2)18-10(11)3/h8H,5-7H2,1-4H3. The molecule has 0 aliphatic heterocycles. The SMILES string of the molecule is CCOC(=O)CCN(C)S(=O)(=O)c1cc(C)sc1C. The second-order valence-corrected chi connectivity index (χ2v) is 7.63. The van der Waals surface area contributed by atoms with E-state index in [1.807, 2.05) is 6.92 Å². The summed E-state index contributed by atoms with van der Waals surface area (Å²) in [5, 5.41) is 0. The van der Waals surface area contributed by atoms with Crippen LogP contribution in [0.2, 0.25) is 0 Å². The van der Waals surface area contributed by atoms with Crippen LogP contribution in [0.4, 0.5) is 0 Å². The lowest BCUT2D eigenvalue weighted by Crippen LogP contribution is -2.29. The van der Waals surface area contributed by atoms with Gasteiger partial charge in [0.15, 0.2) is 0 Å². The first kappa shape index (κ1) is 16.1. The molecule has 0 unspecified atom stereocenters. The maximum Gasteiger partial charge on any atom is 0.307 e. The van der Waals surface area contributed by atoms with E-state index in [2.05, 4.69) is 0 Å². The number of hydrogen-bond acceptors (Lipinski definition) is 5. The van der Waals surface area contributed by atoms with E-state index in [4.69, 9.17) is 4.74 Å². The third-order valence-corrected chi connectivity index (χ3v) is 5.70. The van der Waals surface area contributed by atoms with Gasteiger partial charge >= 0.3 is 5.97 Å². The number of ether oxygens (including phenoxy) is 1. The predicted octanol–water partition coefficient (Wildman–Crippen LogP) is 1.94. The Morgan fingerprint density at radius 2 is 2.05 bits per heavy atom. The molecule has 0 saturated heterocycles.